The van der Waals surface area contributed by atoms with Crippen molar-refractivity contribution in [1.29, 1.82) is 5.26 Å². The summed E-state index contributed by atoms with van der Waals surface area (Å²) >= 11 is 0. The van der Waals surface area contributed by atoms with E-state index in [1.165, 1.54) is 0 Å². The third kappa shape index (κ3) is 9.08. The molecule has 25 heavy (non-hydrogen) atoms. The van der Waals surface area contributed by atoms with E-state index in [-0.39, 0.29) is 5.41 Å². The van der Waals surface area contributed by atoms with Crippen molar-refractivity contribution in [3.8, 4) is 6.07 Å². The van der Waals surface area contributed by atoms with Crippen molar-refractivity contribution < 1.29 is 15.0 Å². The molecule has 0 aliphatic carbocycles. The van der Waals surface area contributed by atoms with Gasteiger partial charge in [0.2, 0.25) is 0 Å². The van der Waals surface area contributed by atoms with Gasteiger partial charge in [-0.25, -0.2) is 4.79 Å². The Balaban J connectivity index is 2.50. The van der Waals surface area contributed by atoms with E-state index in [1.54, 1.807) is 0 Å². The van der Waals surface area contributed by atoms with Crippen LogP contribution in [0.3, 0.4) is 0 Å². The van der Waals surface area contributed by atoms with Gasteiger partial charge in [0, 0.05) is 19.5 Å². The number of benzene rings is 1. The van der Waals surface area contributed by atoms with E-state index < -0.39 is 18.2 Å². The number of hydrogen-bond acceptors (Lipinski definition) is 4. The normalized spacial score (nSPS) is 13.7. The van der Waals surface area contributed by atoms with Gasteiger partial charge in [0.25, 0.3) is 0 Å². The molecule has 6 nitrogen and oxygen atoms in total. The number of unbranched alkanes of at least 4 members (excludes halogenated alkanes) is 1. The van der Waals surface area contributed by atoms with E-state index in [4.69, 9.17) is 10.4 Å². The fourth-order valence-corrected chi connectivity index (χ4v) is 2.74. The first-order chi connectivity index (χ1) is 11.8. The summed E-state index contributed by atoms with van der Waals surface area (Å²) in [4.78, 5) is 11.0. The van der Waals surface area contributed by atoms with Crippen molar-refractivity contribution in [2.75, 3.05) is 13.1 Å². The highest BCUT2D eigenvalue weighted by atomic mass is 16.4. The number of carbonyl (C=O) groups is 1. The highest BCUT2D eigenvalue weighted by molar-refractivity contribution is 5.65. The van der Waals surface area contributed by atoms with Gasteiger partial charge in [-0.3, -0.25) is 0 Å². The number of nitrogens with zero attached hydrogens (tertiary/aromatic N) is 1. The number of nitrogens with one attached hydrogen (secondary N) is 2. The number of amides is 1. The Bertz CT molecular complexity index is 555. The van der Waals surface area contributed by atoms with Crippen LogP contribution in [-0.4, -0.2) is 41.5 Å². The second-order valence-corrected chi connectivity index (χ2v) is 7.12. The number of rotatable bonds is 11. The van der Waals surface area contributed by atoms with Crippen molar-refractivity contribution in [1.82, 2.24) is 10.6 Å². The van der Waals surface area contributed by atoms with Crippen LogP contribution in [-0.2, 0) is 6.42 Å². The maximum absolute atomic E-state index is 11.0. The molecule has 0 heterocycles. The first kappa shape index (κ1) is 20.9. The Morgan fingerprint density at radius 1 is 1.32 bits per heavy atom. The van der Waals surface area contributed by atoms with Gasteiger partial charge in [-0.05, 0) is 30.2 Å². The van der Waals surface area contributed by atoms with E-state index in [0.717, 1.165) is 18.4 Å². The number of carboxylic acid groups (broad SMARTS) is 1. The average molecular weight is 347 g/mol. The Morgan fingerprint density at radius 2 is 2.00 bits per heavy atom. The van der Waals surface area contributed by atoms with Crippen molar-refractivity contribution >= 4 is 6.09 Å². The Labute approximate surface area is 149 Å². The molecule has 0 fully saturated rings. The highest BCUT2D eigenvalue weighted by Gasteiger charge is 2.23. The predicted octanol–water partition coefficient (Wildman–Crippen LogP) is 2.54. The molecule has 1 aromatic carbocycles. The maximum Gasteiger partial charge on any atom is 0.404 e. The molecule has 0 saturated heterocycles. The molecule has 4 N–H and O–H groups in total. The molecule has 0 spiro atoms. The highest BCUT2D eigenvalue weighted by Crippen LogP contribution is 2.21. The van der Waals surface area contributed by atoms with Gasteiger partial charge < -0.3 is 20.8 Å². The molecule has 1 rings (SSSR count). The summed E-state index contributed by atoms with van der Waals surface area (Å²) in [6, 6.07) is 11.1. The van der Waals surface area contributed by atoms with Crippen LogP contribution in [0.1, 0.15) is 38.7 Å². The smallest absolute Gasteiger partial charge is 0.404 e. The summed E-state index contributed by atoms with van der Waals surface area (Å²) in [7, 11) is 0. The lowest BCUT2D eigenvalue weighted by Crippen LogP contribution is -2.49. The van der Waals surface area contributed by atoms with Crippen LogP contribution in [0.4, 0.5) is 4.79 Å². The number of aliphatic hydroxyl groups excluding tert-OH is 1. The largest absolute Gasteiger partial charge is 0.465 e. The summed E-state index contributed by atoms with van der Waals surface area (Å²) in [5.74, 6) is 0. The standard InChI is InChI=1S/C19H29N3O3/c1-19(2,10-6-7-11-20)14-21-13-17(23)16(22-18(24)25)12-15-8-4-3-5-9-15/h3-5,8-9,16-17,21-23H,6-7,10,12-14H2,1-2H3,(H,24,25)/t16-,17+/m0/s1. The maximum atomic E-state index is 11.0. The molecule has 0 bridgehead atoms. The second-order valence-electron chi connectivity index (χ2n) is 7.12. The van der Waals surface area contributed by atoms with Gasteiger partial charge in [-0.1, -0.05) is 44.2 Å². The molecule has 6 heteroatoms. The topological polar surface area (TPSA) is 105 Å². The Kier molecular flexibility index (Phi) is 8.96. The summed E-state index contributed by atoms with van der Waals surface area (Å²) in [6.45, 7) is 5.22. The lowest BCUT2D eigenvalue weighted by molar-refractivity contribution is 0.114. The van der Waals surface area contributed by atoms with Crippen LogP contribution >= 0.6 is 0 Å². The fourth-order valence-electron chi connectivity index (χ4n) is 2.74. The molecular weight excluding hydrogens is 318 g/mol. The third-order valence-corrected chi connectivity index (χ3v) is 4.17. The predicted molar refractivity (Wildman–Crippen MR) is 97.2 cm³/mol. The zero-order valence-electron chi connectivity index (χ0n) is 15.0. The molecule has 0 aromatic heterocycles. The second kappa shape index (κ2) is 10.7. The molecule has 138 valence electrons. The molecule has 0 unspecified atom stereocenters. The van der Waals surface area contributed by atoms with Crippen LogP contribution < -0.4 is 10.6 Å². The Morgan fingerprint density at radius 3 is 2.60 bits per heavy atom. The molecule has 1 aromatic rings. The van der Waals surface area contributed by atoms with Gasteiger partial charge in [0.05, 0.1) is 18.2 Å². The van der Waals surface area contributed by atoms with E-state index in [0.29, 0.717) is 25.9 Å². The lowest BCUT2D eigenvalue weighted by Gasteiger charge is -2.28. The average Bonchev–Trinajstić information content (AvgIpc) is 2.54. The molecule has 0 aliphatic heterocycles. The van der Waals surface area contributed by atoms with Crippen molar-refractivity contribution in [3.05, 3.63) is 35.9 Å². The summed E-state index contributed by atoms with van der Waals surface area (Å²) in [5.41, 5.74) is 0.989. The minimum Gasteiger partial charge on any atom is -0.465 e. The van der Waals surface area contributed by atoms with Gasteiger partial charge in [0.1, 0.15) is 0 Å². The van der Waals surface area contributed by atoms with Gasteiger partial charge in [-0.2, -0.15) is 5.26 Å². The first-order valence-electron chi connectivity index (χ1n) is 8.63. The van der Waals surface area contributed by atoms with E-state index in [1.807, 2.05) is 30.3 Å². The van der Waals surface area contributed by atoms with Gasteiger partial charge in [-0.15, -0.1) is 0 Å². The molecular formula is C19H29N3O3. The SMILES string of the molecule is CC(C)(CCCC#N)CNC[C@@H](O)[C@H](Cc1ccccc1)NC(=O)O. The molecule has 0 saturated carbocycles. The summed E-state index contributed by atoms with van der Waals surface area (Å²) < 4.78 is 0. The monoisotopic (exact) mass is 347 g/mol. The van der Waals surface area contributed by atoms with Crippen LogP contribution in [0, 0.1) is 16.7 Å². The quantitative estimate of drug-likeness (QED) is 0.460. The minimum atomic E-state index is -1.14. The number of hydrogen-bond donors (Lipinski definition) is 4. The Hall–Kier alpha value is -2.10. The minimum absolute atomic E-state index is 0.0196. The van der Waals surface area contributed by atoms with Crippen molar-refractivity contribution in [2.45, 2.75) is 51.7 Å². The fraction of sp³-hybridized carbons (Fsp3) is 0.579. The molecule has 2 atom stereocenters. The van der Waals surface area contributed by atoms with Crippen LogP contribution in [0.25, 0.3) is 0 Å². The first-order valence-corrected chi connectivity index (χ1v) is 8.63. The molecule has 1 amide bonds. The lowest BCUT2D eigenvalue weighted by atomic mass is 9.87. The van der Waals surface area contributed by atoms with Crippen molar-refractivity contribution in [3.63, 3.8) is 0 Å². The van der Waals surface area contributed by atoms with Crippen LogP contribution in [0.15, 0.2) is 30.3 Å². The number of aliphatic hydroxyl groups is 1. The van der Waals surface area contributed by atoms with E-state index >= 15 is 0 Å². The van der Waals surface area contributed by atoms with E-state index in [9.17, 15) is 9.90 Å². The number of nitriles is 1. The van der Waals surface area contributed by atoms with Crippen LogP contribution in [0.2, 0.25) is 0 Å². The summed E-state index contributed by atoms with van der Waals surface area (Å²) in [6.07, 6.45) is 0.785. The zero-order chi connectivity index (χ0) is 18.7. The van der Waals surface area contributed by atoms with E-state index in [2.05, 4.69) is 30.6 Å². The zero-order valence-corrected chi connectivity index (χ0v) is 15.0. The van der Waals surface area contributed by atoms with Gasteiger partial charge >= 0.3 is 6.09 Å². The van der Waals surface area contributed by atoms with Gasteiger partial charge in [0.15, 0.2) is 0 Å². The third-order valence-electron chi connectivity index (χ3n) is 4.17. The van der Waals surface area contributed by atoms with Crippen LogP contribution in [0.5, 0.6) is 0 Å². The molecule has 0 radical (unpaired) electrons. The molecule has 0 aliphatic rings. The van der Waals surface area contributed by atoms with Crippen molar-refractivity contribution in [2.24, 2.45) is 5.41 Å². The summed E-state index contributed by atoms with van der Waals surface area (Å²) in [5, 5.41) is 33.7.